The molecule has 0 aliphatic rings. The molecule has 5 aromatic rings. The van der Waals surface area contributed by atoms with Crippen molar-refractivity contribution in [3.8, 4) is 11.4 Å². The van der Waals surface area contributed by atoms with E-state index in [9.17, 15) is 19.8 Å². The topological polar surface area (TPSA) is 122 Å². The molecule has 194 valence electrons. The first-order valence-corrected chi connectivity index (χ1v) is 12.6. The Morgan fingerprint density at radius 2 is 1.92 bits per heavy atom. The number of carboxylic acid groups (broad SMARTS) is 1. The number of fused-ring (bicyclic) bond motifs is 2. The molecule has 0 spiro atoms. The van der Waals surface area contributed by atoms with Gasteiger partial charge in [0.25, 0.3) is 5.91 Å². The molecule has 3 N–H and O–H groups in total. The summed E-state index contributed by atoms with van der Waals surface area (Å²) in [6.07, 6.45) is 3.66. The number of aromatic nitrogens is 4. The van der Waals surface area contributed by atoms with Crippen molar-refractivity contribution in [1.29, 1.82) is 0 Å². The smallest absolute Gasteiger partial charge is 0.335 e. The number of nitrogens with one attached hydrogen (secondary N) is 1. The van der Waals surface area contributed by atoms with E-state index in [0.717, 1.165) is 28.9 Å². The molecule has 38 heavy (non-hydrogen) atoms. The zero-order chi connectivity index (χ0) is 27.0. The first-order valence-electron chi connectivity index (χ1n) is 12.3. The maximum Gasteiger partial charge on any atom is 0.335 e. The highest BCUT2D eigenvalue weighted by Crippen LogP contribution is 2.28. The van der Waals surface area contributed by atoms with Crippen LogP contribution < -0.4 is 5.32 Å². The fourth-order valence-corrected chi connectivity index (χ4v) is 4.93. The van der Waals surface area contributed by atoms with Gasteiger partial charge < -0.3 is 15.5 Å². The van der Waals surface area contributed by atoms with Gasteiger partial charge in [-0.1, -0.05) is 18.5 Å². The molecule has 0 bridgehead atoms. The van der Waals surface area contributed by atoms with Crippen molar-refractivity contribution in [3.63, 3.8) is 0 Å². The minimum atomic E-state index is -1.02. The number of rotatable bonds is 8. The van der Waals surface area contributed by atoms with Crippen LogP contribution in [0.15, 0.2) is 54.9 Å². The van der Waals surface area contributed by atoms with Crippen LogP contribution >= 0.6 is 11.6 Å². The summed E-state index contributed by atoms with van der Waals surface area (Å²) < 4.78 is 3.50. The summed E-state index contributed by atoms with van der Waals surface area (Å²) in [5.74, 6) is -1.10. The summed E-state index contributed by atoms with van der Waals surface area (Å²) in [5, 5.41) is 27.5. The van der Waals surface area contributed by atoms with Gasteiger partial charge in [0.15, 0.2) is 0 Å². The van der Waals surface area contributed by atoms with Gasteiger partial charge in [-0.15, -0.1) is 0 Å². The van der Waals surface area contributed by atoms with Gasteiger partial charge in [-0.2, -0.15) is 5.10 Å². The lowest BCUT2D eigenvalue weighted by Gasteiger charge is -2.10. The molecule has 3 heterocycles. The number of carbonyl (C=O) groups excluding carboxylic acids is 1. The minimum absolute atomic E-state index is 0.156. The average Bonchev–Trinajstić information content (AvgIpc) is 3.50. The Morgan fingerprint density at radius 1 is 1.11 bits per heavy atom. The number of pyridine rings is 1. The Bertz CT molecular complexity index is 1710. The highest BCUT2D eigenvalue weighted by Gasteiger charge is 2.17. The molecule has 0 radical (unpaired) electrons. The second-order valence-electron chi connectivity index (χ2n) is 9.05. The number of imidazole rings is 1. The van der Waals surface area contributed by atoms with Crippen molar-refractivity contribution >= 4 is 40.0 Å². The summed E-state index contributed by atoms with van der Waals surface area (Å²) >= 11 is 6.47. The van der Waals surface area contributed by atoms with E-state index in [2.05, 4.69) is 15.4 Å². The van der Waals surface area contributed by atoms with Crippen LogP contribution in [0.5, 0.6) is 5.75 Å². The third kappa shape index (κ3) is 4.56. The maximum atomic E-state index is 12.8. The summed E-state index contributed by atoms with van der Waals surface area (Å²) in [6, 6.07) is 13.3. The van der Waals surface area contributed by atoms with Crippen LogP contribution in [0.4, 0.5) is 0 Å². The number of amides is 1. The molecule has 1 amide bonds. The molecular weight excluding hydrogens is 506 g/mol. The van der Waals surface area contributed by atoms with Crippen molar-refractivity contribution < 1.29 is 19.8 Å². The third-order valence-electron chi connectivity index (χ3n) is 6.62. The van der Waals surface area contributed by atoms with Crippen LogP contribution in [0.2, 0.25) is 5.02 Å². The van der Waals surface area contributed by atoms with Crippen LogP contribution in [0.1, 0.15) is 51.0 Å². The average molecular weight is 532 g/mol. The van der Waals surface area contributed by atoms with E-state index < -0.39 is 5.97 Å². The summed E-state index contributed by atoms with van der Waals surface area (Å²) in [5.41, 5.74) is 6.03. The Balaban J connectivity index is 1.27. The molecule has 2 aromatic carbocycles. The first-order chi connectivity index (χ1) is 18.3. The van der Waals surface area contributed by atoms with Crippen LogP contribution in [0.3, 0.4) is 0 Å². The number of aryl methyl sites for hydroxylation is 3. The number of benzene rings is 2. The molecule has 5 rings (SSSR count). The van der Waals surface area contributed by atoms with Crippen LogP contribution in [0.25, 0.3) is 22.2 Å². The normalized spacial score (nSPS) is 11.3. The SMILES string of the molecule is CCc1c(CCCNC(=O)c2ccc(-n3cnc4ccc(C(=O)O)cc43)cc2Cl)nn2c(C)ccc(O)c12. The molecule has 0 atom stereocenters. The Kier molecular flexibility index (Phi) is 6.77. The van der Waals surface area contributed by atoms with Gasteiger partial charge in [0.1, 0.15) is 17.6 Å². The van der Waals surface area contributed by atoms with Crippen molar-refractivity contribution in [1.82, 2.24) is 24.5 Å². The first kappa shape index (κ1) is 25.3. The van der Waals surface area contributed by atoms with Gasteiger partial charge in [-0.05, 0) is 74.7 Å². The summed E-state index contributed by atoms with van der Waals surface area (Å²) in [6.45, 7) is 4.41. The fraction of sp³-hybridized carbons (Fsp3) is 0.214. The molecule has 0 aliphatic heterocycles. The number of carbonyl (C=O) groups is 2. The zero-order valence-corrected chi connectivity index (χ0v) is 21.7. The van der Waals surface area contributed by atoms with Crippen molar-refractivity contribution in [3.05, 3.63) is 88.0 Å². The number of hydrogen-bond donors (Lipinski definition) is 3. The van der Waals surface area contributed by atoms with E-state index in [4.69, 9.17) is 11.6 Å². The number of hydrogen-bond acceptors (Lipinski definition) is 5. The van der Waals surface area contributed by atoms with Gasteiger partial charge in [0.2, 0.25) is 0 Å². The lowest BCUT2D eigenvalue weighted by atomic mass is 10.1. The Hall–Kier alpha value is -4.37. The van der Waals surface area contributed by atoms with Crippen LogP contribution in [0, 0.1) is 6.92 Å². The quantitative estimate of drug-likeness (QED) is 0.243. The fourth-order valence-electron chi connectivity index (χ4n) is 4.67. The number of carboxylic acids is 1. The van der Waals surface area contributed by atoms with Gasteiger partial charge >= 0.3 is 5.97 Å². The maximum absolute atomic E-state index is 12.8. The second-order valence-corrected chi connectivity index (χ2v) is 9.45. The minimum Gasteiger partial charge on any atom is -0.506 e. The van der Waals surface area contributed by atoms with E-state index in [1.807, 2.05) is 19.9 Å². The van der Waals surface area contributed by atoms with E-state index in [0.29, 0.717) is 41.7 Å². The zero-order valence-electron chi connectivity index (χ0n) is 20.9. The van der Waals surface area contributed by atoms with Crippen LogP contribution in [-0.4, -0.2) is 47.8 Å². The highest BCUT2D eigenvalue weighted by molar-refractivity contribution is 6.34. The molecule has 0 fully saturated rings. The van der Waals surface area contributed by atoms with E-state index in [1.54, 1.807) is 51.8 Å². The second kappa shape index (κ2) is 10.2. The number of halogens is 1. The summed E-state index contributed by atoms with van der Waals surface area (Å²) in [7, 11) is 0. The van der Waals surface area contributed by atoms with Gasteiger partial charge in [-0.3, -0.25) is 9.36 Å². The van der Waals surface area contributed by atoms with E-state index >= 15 is 0 Å². The predicted octanol–water partition coefficient (Wildman–Crippen LogP) is 4.96. The number of aromatic hydroxyl groups is 1. The van der Waals surface area contributed by atoms with Gasteiger partial charge in [0, 0.05) is 23.5 Å². The van der Waals surface area contributed by atoms with Crippen molar-refractivity contribution in [2.45, 2.75) is 33.1 Å². The monoisotopic (exact) mass is 531 g/mol. The van der Waals surface area contributed by atoms with E-state index in [1.165, 1.54) is 6.07 Å². The highest BCUT2D eigenvalue weighted by atomic mass is 35.5. The Morgan fingerprint density at radius 3 is 2.66 bits per heavy atom. The largest absolute Gasteiger partial charge is 0.506 e. The number of nitrogens with zero attached hydrogens (tertiary/aromatic N) is 4. The molecule has 10 heteroatoms. The van der Waals surface area contributed by atoms with Gasteiger partial charge in [0.05, 0.1) is 32.9 Å². The molecular formula is C28H26ClN5O4. The van der Waals surface area contributed by atoms with Gasteiger partial charge in [-0.25, -0.2) is 14.3 Å². The van der Waals surface area contributed by atoms with Crippen LogP contribution in [-0.2, 0) is 12.8 Å². The van der Waals surface area contributed by atoms with Crippen molar-refractivity contribution in [2.24, 2.45) is 0 Å². The Labute approximate surface area is 223 Å². The molecule has 0 saturated carbocycles. The van der Waals surface area contributed by atoms with Crippen molar-refractivity contribution in [2.75, 3.05) is 6.54 Å². The number of aromatic carboxylic acids is 1. The lowest BCUT2D eigenvalue weighted by molar-refractivity contribution is 0.0696. The predicted molar refractivity (Wildman–Crippen MR) is 145 cm³/mol. The molecule has 9 nitrogen and oxygen atoms in total. The lowest BCUT2D eigenvalue weighted by Crippen LogP contribution is -2.25. The third-order valence-corrected chi connectivity index (χ3v) is 6.94. The summed E-state index contributed by atoms with van der Waals surface area (Å²) in [4.78, 5) is 28.5. The molecule has 0 unspecified atom stereocenters. The van der Waals surface area contributed by atoms with E-state index in [-0.39, 0.29) is 22.2 Å². The molecule has 0 aliphatic carbocycles. The molecule has 3 aromatic heterocycles. The molecule has 0 saturated heterocycles. The standard InChI is InChI=1S/C28H26ClN5O4/c1-3-19-22(32-34-16(2)6-11-25(35)26(19)34)5-4-12-30-27(36)20-9-8-18(14-21(20)29)33-15-31-23-10-7-17(28(37)38)13-24(23)33/h6-11,13-15,35H,3-5,12H2,1-2H3,(H,30,36)(H,37,38).